The van der Waals surface area contributed by atoms with Gasteiger partial charge in [-0.15, -0.1) is 0 Å². The number of halogens is 1. The number of carbonyl (C=O) groups is 2. The summed E-state index contributed by atoms with van der Waals surface area (Å²) in [5.74, 6) is -1.38. The lowest BCUT2D eigenvalue weighted by molar-refractivity contribution is -0.157. The van der Waals surface area contributed by atoms with Crippen molar-refractivity contribution in [1.29, 1.82) is 0 Å². The van der Waals surface area contributed by atoms with Crippen LogP contribution in [0.2, 0.25) is 5.02 Å². The van der Waals surface area contributed by atoms with E-state index in [2.05, 4.69) is 18.7 Å². The zero-order valence-corrected chi connectivity index (χ0v) is 31.8. The van der Waals surface area contributed by atoms with E-state index in [1.165, 1.54) is 6.92 Å². The fourth-order valence-corrected chi connectivity index (χ4v) is 7.13. The molecule has 3 unspecified atom stereocenters. The lowest BCUT2D eigenvalue weighted by Gasteiger charge is -2.37. The third-order valence-electron chi connectivity index (χ3n) is 9.96. The van der Waals surface area contributed by atoms with Crippen molar-refractivity contribution in [3.63, 3.8) is 0 Å². The minimum atomic E-state index is -1.46. The van der Waals surface area contributed by atoms with Crippen LogP contribution >= 0.6 is 11.6 Å². The highest BCUT2D eigenvalue weighted by Crippen LogP contribution is 2.41. The second-order valence-electron chi connectivity index (χ2n) is 14.5. The fraction of sp³-hybridized carbons (Fsp3) is 0.641. The zero-order chi connectivity index (χ0) is 37.4. The second kappa shape index (κ2) is 18.3. The van der Waals surface area contributed by atoms with Gasteiger partial charge < -0.3 is 34.3 Å². The zero-order valence-electron chi connectivity index (χ0n) is 31.0. The van der Waals surface area contributed by atoms with Crippen LogP contribution in [0.5, 0.6) is 0 Å². The first-order valence-electron chi connectivity index (χ1n) is 17.6. The van der Waals surface area contributed by atoms with Gasteiger partial charge in [-0.25, -0.2) is 0 Å². The van der Waals surface area contributed by atoms with Gasteiger partial charge in [0.15, 0.2) is 0 Å². The number of methoxy groups -OCH3 is 1. The van der Waals surface area contributed by atoms with Crippen molar-refractivity contribution in [2.75, 3.05) is 14.2 Å². The van der Waals surface area contributed by atoms with Crippen LogP contribution in [0.3, 0.4) is 0 Å². The molecule has 0 amide bonds. The molecule has 1 aromatic rings. The first kappa shape index (κ1) is 41.8. The van der Waals surface area contributed by atoms with Gasteiger partial charge in [0.1, 0.15) is 23.9 Å². The van der Waals surface area contributed by atoms with Gasteiger partial charge in [-0.1, -0.05) is 68.8 Å². The number of hydrogen-bond acceptors (Lipinski definition) is 10. The molecule has 2 aliphatic heterocycles. The SMILES string of the molecule is CC[C@H](OC)[C@@H](C)C1O[C@@H]1C(N(C)Cc1ccc(Cl)cc1)C(C)(O)C=CC=C(C)[C@H]1OC(=O)C[C@H](O)CC[C@@](C)(O)[C@@H](OC(C)=O)C=C[C@@H]1C. The van der Waals surface area contributed by atoms with Gasteiger partial charge in [0.2, 0.25) is 0 Å². The van der Waals surface area contributed by atoms with Crippen LogP contribution in [0.1, 0.15) is 79.7 Å². The molecule has 0 bridgehead atoms. The van der Waals surface area contributed by atoms with E-state index in [0.717, 1.165) is 12.0 Å². The summed E-state index contributed by atoms with van der Waals surface area (Å²) in [6, 6.07) is 7.21. The Balaban J connectivity index is 1.91. The highest BCUT2D eigenvalue weighted by Gasteiger charge is 2.55. The molecular formula is C39H58ClNO9. The van der Waals surface area contributed by atoms with Crippen molar-refractivity contribution in [1.82, 2.24) is 4.90 Å². The fourth-order valence-electron chi connectivity index (χ4n) is 7.00. The Morgan fingerprint density at radius 3 is 2.48 bits per heavy atom. The smallest absolute Gasteiger partial charge is 0.309 e. The van der Waals surface area contributed by atoms with Crippen molar-refractivity contribution in [2.45, 2.75) is 135 Å². The number of hydrogen-bond donors (Lipinski definition) is 3. The summed E-state index contributed by atoms with van der Waals surface area (Å²) in [5.41, 5.74) is -1.06. The summed E-state index contributed by atoms with van der Waals surface area (Å²) in [4.78, 5) is 26.8. The van der Waals surface area contributed by atoms with E-state index in [-0.39, 0.29) is 49.4 Å². The predicted octanol–water partition coefficient (Wildman–Crippen LogP) is 5.55. The Kier molecular flexibility index (Phi) is 15.3. The predicted molar refractivity (Wildman–Crippen MR) is 193 cm³/mol. The summed E-state index contributed by atoms with van der Waals surface area (Å²) >= 11 is 6.13. The summed E-state index contributed by atoms with van der Waals surface area (Å²) < 4.78 is 23.3. The number of rotatable bonds is 13. The highest BCUT2D eigenvalue weighted by molar-refractivity contribution is 6.30. The van der Waals surface area contributed by atoms with Crippen LogP contribution in [-0.4, -0.2) is 100 Å². The molecule has 2 heterocycles. The first-order valence-corrected chi connectivity index (χ1v) is 17.9. The number of ether oxygens (including phenoxy) is 4. The summed E-state index contributed by atoms with van der Waals surface area (Å²) in [7, 11) is 3.67. The molecule has 0 radical (unpaired) electrons. The Hall–Kier alpha value is -2.57. The number of allylic oxidation sites excluding steroid dienone is 2. The highest BCUT2D eigenvalue weighted by atomic mass is 35.5. The largest absolute Gasteiger partial charge is 0.457 e. The molecule has 11 atom stereocenters. The molecule has 0 aromatic heterocycles. The van der Waals surface area contributed by atoms with E-state index in [0.29, 0.717) is 17.1 Å². The lowest BCUT2D eigenvalue weighted by Crippen LogP contribution is -2.52. The van der Waals surface area contributed by atoms with Crippen LogP contribution in [0.4, 0.5) is 0 Å². The second-order valence-corrected chi connectivity index (χ2v) is 15.0. The monoisotopic (exact) mass is 719 g/mol. The van der Waals surface area contributed by atoms with Gasteiger partial charge in [-0.05, 0) is 76.4 Å². The Bertz CT molecular complexity index is 1350. The molecule has 10 nitrogen and oxygen atoms in total. The van der Waals surface area contributed by atoms with Crippen LogP contribution in [0, 0.1) is 11.8 Å². The summed E-state index contributed by atoms with van der Waals surface area (Å²) in [6.45, 7) is 13.0. The van der Waals surface area contributed by atoms with Crippen LogP contribution < -0.4 is 0 Å². The maximum Gasteiger partial charge on any atom is 0.309 e. The van der Waals surface area contributed by atoms with Gasteiger partial charge >= 0.3 is 11.9 Å². The average molecular weight is 720 g/mol. The summed E-state index contributed by atoms with van der Waals surface area (Å²) in [6.07, 6.45) is 6.41. The molecule has 0 saturated carbocycles. The maximum atomic E-state index is 12.9. The minimum Gasteiger partial charge on any atom is -0.457 e. The van der Waals surface area contributed by atoms with E-state index in [9.17, 15) is 24.9 Å². The first-order chi connectivity index (χ1) is 23.4. The van der Waals surface area contributed by atoms with E-state index in [1.807, 2.05) is 45.2 Å². The van der Waals surface area contributed by atoms with E-state index in [4.69, 9.17) is 30.5 Å². The molecule has 11 heteroatoms. The summed E-state index contributed by atoms with van der Waals surface area (Å²) in [5, 5.41) is 34.3. The number of cyclic esters (lactones) is 1. The third-order valence-corrected chi connectivity index (χ3v) is 10.2. The molecular weight excluding hydrogens is 662 g/mol. The van der Waals surface area contributed by atoms with Gasteiger partial charge in [0.25, 0.3) is 0 Å². The maximum absolute atomic E-state index is 12.9. The quantitative estimate of drug-likeness (QED) is 0.103. The standard InChI is InChI=1S/C39H58ClNO9/c1-10-31(47-9)26(4)35-36(50-35)37(41(8)23-28-14-16-29(40)17-15-28)39(7,46)20-11-12-24(2)34-25(3)13-18-32(48-27(5)42)38(6,45)21-19-30(43)22-33(44)49-34/h11-18,20,25-26,30-32,34-37,43,45-46H,10,19,21-23H2,1-9H3/t25-,26+,30+,31-,32-,34+,35?,36-,37?,38+,39?/m0/s1. The lowest BCUT2D eigenvalue weighted by atomic mass is 9.86. The van der Waals surface area contributed by atoms with Gasteiger partial charge in [0, 0.05) is 37.4 Å². The number of carbonyl (C=O) groups excluding carboxylic acids is 2. The van der Waals surface area contributed by atoms with Crippen LogP contribution in [0.25, 0.3) is 0 Å². The van der Waals surface area contributed by atoms with Crippen LogP contribution in [-0.2, 0) is 35.1 Å². The molecule has 0 spiro atoms. The Morgan fingerprint density at radius 2 is 1.88 bits per heavy atom. The number of nitrogens with zero attached hydrogens (tertiary/aromatic N) is 1. The number of likely N-dealkylation sites (N-methyl/N-ethyl adjacent to an activating group) is 1. The number of benzene rings is 1. The molecule has 50 heavy (non-hydrogen) atoms. The normalized spacial score (nSPS) is 31.2. The van der Waals surface area contributed by atoms with Crippen molar-refractivity contribution in [2.24, 2.45) is 11.8 Å². The molecule has 1 saturated heterocycles. The number of aliphatic hydroxyl groups excluding tert-OH is 1. The number of aliphatic hydroxyl groups is 3. The van der Waals surface area contributed by atoms with Crippen molar-refractivity contribution in [3.8, 4) is 0 Å². The van der Waals surface area contributed by atoms with E-state index >= 15 is 0 Å². The molecule has 0 aliphatic carbocycles. The number of epoxide rings is 1. The molecule has 1 fully saturated rings. The minimum absolute atomic E-state index is 0.0273. The molecule has 280 valence electrons. The van der Waals surface area contributed by atoms with Gasteiger partial charge in [-0.3, -0.25) is 14.5 Å². The molecule has 3 rings (SSSR count). The van der Waals surface area contributed by atoms with Crippen molar-refractivity contribution < 1.29 is 43.9 Å². The van der Waals surface area contributed by atoms with Gasteiger partial charge in [0.05, 0.1) is 36.4 Å². The topological polar surface area (TPSA) is 138 Å². The Labute approximate surface area is 303 Å². The molecule has 1 aromatic carbocycles. The van der Waals surface area contributed by atoms with E-state index in [1.54, 1.807) is 51.3 Å². The third kappa shape index (κ3) is 11.7. The average Bonchev–Trinajstić information content (AvgIpc) is 3.81. The Morgan fingerprint density at radius 1 is 1.22 bits per heavy atom. The molecule has 2 aliphatic rings. The van der Waals surface area contributed by atoms with Gasteiger partial charge in [-0.2, -0.15) is 0 Å². The van der Waals surface area contributed by atoms with E-state index < -0.39 is 47.5 Å². The molecule has 3 N–H and O–H groups in total. The number of esters is 2. The van der Waals surface area contributed by atoms with Crippen molar-refractivity contribution in [3.05, 3.63) is 70.8 Å². The van der Waals surface area contributed by atoms with Crippen LogP contribution in [0.15, 0.2) is 60.2 Å². The van der Waals surface area contributed by atoms with Crippen molar-refractivity contribution >= 4 is 23.5 Å².